The molecule has 0 saturated heterocycles. The molecule has 3 aromatic rings. The van der Waals surface area contributed by atoms with Gasteiger partial charge in [0.1, 0.15) is 0 Å². The van der Waals surface area contributed by atoms with Crippen LogP contribution in [0, 0.1) is 6.92 Å². The molecule has 2 N–H and O–H groups in total. The molecule has 0 atom stereocenters. The van der Waals surface area contributed by atoms with Crippen LogP contribution >= 0.6 is 11.6 Å². The summed E-state index contributed by atoms with van der Waals surface area (Å²) in [5.41, 5.74) is 3.32. The minimum atomic E-state index is 0.559. The third-order valence-corrected chi connectivity index (χ3v) is 4.26. The maximum absolute atomic E-state index is 5.90. The third kappa shape index (κ3) is 5.56. The SMILES string of the molecule is CN=C(NCCc1nc(-c2ccc(Cl)cc2)no1)NCc1ccc(C)cc1. The van der Waals surface area contributed by atoms with Gasteiger partial charge in [0.25, 0.3) is 0 Å². The van der Waals surface area contributed by atoms with Crippen LogP contribution in [-0.4, -0.2) is 29.7 Å². The molecule has 0 amide bonds. The molecule has 0 radical (unpaired) electrons. The number of aromatic nitrogens is 2. The smallest absolute Gasteiger partial charge is 0.228 e. The standard InChI is InChI=1S/C20H22ClN5O/c1-14-3-5-15(6-4-14)13-24-20(22-2)23-12-11-18-25-19(26-27-18)16-7-9-17(21)10-8-16/h3-10H,11-13H2,1-2H3,(H2,22,23,24). The van der Waals surface area contributed by atoms with Crippen LogP contribution in [0.2, 0.25) is 5.02 Å². The van der Waals surface area contributed by atoms with Crippen LogP contribution in [0.3, 0.4) is 0 Å². The molecule has 0 spiro atoms. The highest BCUT2D eigenvalue weighted by atomic mass is 35.5. The van der Waals surface area contributed by atoms with Gasteiger partial charge in [-0.05, 0) is 36.8 Å². The maximum atomic E-state index is 5.90. The first-order valence-electron chi connectivity index (χ1n) is 8.72. The number of halogens is 1. The fourth-order valence-electron chi connectivity index (χ4n) is 2.47. The first-order valence-corrected chi connectivity index (χ1v) is 9.10. The molecule has 0 bridgehead atoms. The van der Waals surface area contributed by atoms with Crippen molar-refractivity contribution in [2.45, 2.75) is 19.9 Å². The summed E-state index contributed by atoms with van der Waals surface area (Å²) < 4.78 is 5.31. The van der Waals surface area contributed by atoms with Gasteiger partial charge in [0.15, 0.2) is 5.96 Å². The lowest BCUT2D eigenvalue weighted by atomic mass is 10.1. The minimum absolute atomic E-state index is 0.559. The number of aryl methyl sites for hydroxylation is 1. The Bertz CT molecular complexity index is 887. The van der Waals surface area contributed by atoms with Crippen LogP contribution in [0.1, 0.15) is 17.0 Å². The van der Waals surface area contributed by atoms with E-state index in [4.69, 9.17) is 16.1 Å². The predicted octanol–water partition coefficient (Wildman–Crippen LogP) is 3.61. The van der Waals surface area contributed by atoms with Crippen LogP contribution in [0.5, 0.6) is 0 Å². The molecule has 0 unspecified atom stereocenters. The van der Waals surface area contributed by atoms with Crippen molar-refractivity contribution < 1.29 is 4.52 Å². The summed E-state index contributed by atoms with van der Waals surface area (Å²) in [5.74, 6) is 1.86. The Hall–Kier alpha value is -2.86. The number of nitrogens with one attached hydrogen (secondary N) is 2. The van der Waals surface area contributed by atoms with Gasteiger partial charge >= 0.3 is 0 Å². The molecule has 1 heterocycles. The zero-order valence-electron chi connectivity index (χ0n) is 15.4. The highest BCUT2D eigenvalue weighted by Gasteiger charge is 2.08. The Morgan fingerprint density at radius 2 is 1.81 bits per heavy atom. The molecule has 140 valence electrons. The summed E-state index contributed by atoms with van der Waals surface area (Å²) in [6.07, 6.45) is 0.603. The van der Waals surface area contributed by atoms with E-state index in [0.717, 1.165) is 11.5 Å². The van der Waals surface area contributed by atoms with E-state index in [-0.39, 0.29) is 0 Å². The molecule has 0 fully saturated rings. The molecule has 3 rings (SSSR count). The molecule has 0 aliphatic heterocycles. The molecule has 0 saturated carbocycles. The number of hydrogen-bond donors (Lipinski definition) is 2. The Labute approximate surface area is 163 Å². The van der Waals surface area contributed by atoms with Gasteiger partial charge in [-0.2, -0.15) is 4.98 Å². The number of benzene rings is 2. The first kappa shape index (κ1) is 18.9. The van der Waals surface area contributed by atoms with Gasteiger partial charge in [-0.25, -0.2) is 0 Å². The summed E-state index contributed by atoms with van der Waals surface area (Å²) in [6, 6.07) is 15.7. The number of rotatable bonds is 6. The predicted molar refractivity (Wildman–Crippen MR) is 108 cm³/mol. The number of nitrogens with zero attached hydrogens (tertiary/aromatic N) is 3. The van der Waals surface area contributed by atoms with E-state index in [1.54, 1.807) is 19.2 Å². The molecule has 6 nitrogen and oxygen atoms in total. The average Bonchev–Trinajstić information content (AvgIpc) is 3.15. The molecule has 0 aliphatic rings. The summed E-state index contributed by atoms with van der Waals surface area (Å²) in [6.45, 7) is 3.42. The monoisotopic (exact) mass is 383 g/mol. The van der Waals surface area contributed by atoms with E-state index in [1.165, 1.54) is 11.1 Å². The maximum Gasteiger partial charge on any atom is 0.228 e. The van der Waals surface area contributed by atoms with E-state index in [2.05, 4.69) is 57.0 Å². The molecular weight excluding hydrogens is 362 g/mol. The second kappa shape index (κ2) is 9.19. The van der Waals surface area contributed by atoms with Gasteiger partial charge in [-0.3, -0.25) is 4.99 Å². The highest BCUT2D eigenvalue weighted by molar-refractivity contribution is 6.30. The summed E-state index contributed by atoms with van der Waals surface area (Å²) in [4.78, 5) is 8.64. The lowest BCUT2D eigenvalue weighted by Gasteiger charge is -2.11. The number of guanidine groups is 1. The van der Waals surface area contributed by atoms with Crippen molar-refractivity contribution in [2.24, 2.45) is 4.99 Å². The topological polar surface area (TPSA) is 75.3 Å². The zero-order chi connectivity index (χ0) is 19.1. The van der Waals surface area contributed by atoms with E-state index in [9.17, 15) is 0 Å². The van der Waals surface area contributed by atoms with Crippen LogP contribution in [-0.2, 0) is 13.0 Å². The van der Waals surface area contributed by atoms with Gasteiger partial charge in [0, 0.05) is 37.1 Å². The van der Waals surface area contributed by atoms with Crippen molar-refractivity contribution in [1.82, 2.24) is 20.8 Å². The Morgan fingerprint density at radius 1 is 1.07 bits per heavy atom. The lowest BCUT2D eigenvalue weighted by molar-refractivity contribution is 0.378. The van der Waals surface area contributed by atoms with E-state index in [0.29, 0.717) is 36.2 Å². The van der Waals surface area contributed by atoms with Gasteiger partial charge in [0.05, 0.1) is 0 Å². The Balaban J connectivity index is 1.47. The van der Waals surface area contributed by atoms with E-state index < -0.39 is 0 Å². The van der Waals surface area contributed by atoms with Crippen molar-refractivity contribution in [1.29, 1.82) is 0 Å². The number of aliphatic imine (C=N–C) groups is 1. The van der Waals surface area contributed by atoms with Crippen LogP contribution < -0.4 is 10.6 Å². The third-order valence-electron chi connectivity index (χ3n) is 4.01. The fourth-order valence-corrected chi connectivity index (χ4v) is 2.60. The van der Waals surface area contributed by atoms with Crippen LogP contribution in [0.25, 0.3) is 11.4 Å². The molecule has 0 aliphatic carbocycles. The van der Waals surface area contributed by atoms with Crippen molar-refractivity contribution in [3.8, 4) is 11.4 Å². The van der Waals surface area contributed by atoms with Crippen molar-refractivity contribution >= 4 is 17.6 Å². The van der Waals surface area contributed by atoms with Crippen LogP contribution in [0.15, 0.2) is 58.0 Å². The van der Waals surface area contributed by atoms with Crippen molar-refractivity contribution in [3.63, 3.8) is 0 Å². The largest absolute Gasteiger partial charge is 0.356 e. The first-order chi connectivity index (χ1) is 13.1. The van der Waals surface area contributed by atoms with Gasteiger partial charge in [-0.15, -0.1) is 0 Å². The quantitative estimate of drug-likeness (QED) is 0.502. The van der Waals surface area contributed by atoms with Crippen molar-refractivity contribution in [3.05, 3.63) is 70.6 Å². The molecule has 7 heteroatoms. The van der Waals surface area contributed by atoms with Crippen LogP contribution in [0.4, 0.5) is 0 Å². The van der Waals surface area contributed by atoms with Gasteiger partial charge in [0.2, 0.25) is 11.7 Å². The molecular formula is C20H22ClN5O. The Morgan fingerprint density at radius 3 is 2.52 bits per heavy atom. The zero-order valence-corrected chi connectivity index (χ0v) is 16.1. The fraction of sp³-hybridized carbons (Fsp3) is 0.250. The molecule has 1 aromatic heterocycles. The summed E-state index contributed by atoms with van der Waals surface area (Å²) >= 11 is 5.90. The normalized spacial score (nSPS) is 11.4. The van der Waals surface area contributed by atoms with Gasteiger partial charge in [-0.1, -0.05) is 46.6 Å². The summed E-state index contributed by atoms with van der Waals surface area (Å²) in [5, 5.41) is 11.2. The molecule has 27 heavy (non-hydrogen) atoms. The Kier molecular flexibility index (Phi) is 6.44. The highest BCUT2D eigenvalue weighted by Crippen LogP contribution is 2.18. The molecule has 2 aromatic carbocycles. The lowest BCUT2D eigenvalue weighted by Crippen LogP contribution is -2.37. The average molecular weight is 384 g/mol. The second-order valence-electron chi connectivity index (χ2n) is 6.11. The van der Waals surface area contributed by atoms with Crippen molar-refractivity contribution in [2.75, 3.05) is 13.6 Å². The second-order valence-corrected chi connectivity index (χ2v) is 6.54. The van der Waals surface area contributed by atoms with E-state index >= 15 is 0 Å². The van der Waals surface area contributed by atoms with E-state index in [1.807, 2.05) is 12.1 Å². The van der Waals surface area contributed by atoms with Gasteiger partial charge < -0.3 is 15.2 Å². The number of hydrogen-bond acceptors (Lipinski definition) is 4. The summed E-state index contributed by atoms with van der Waals surface area (Å²) in [7, 11) is 1.75. The minimum Gasteiger partial charge on any atom is -0.356 e.